The molecule has 0 aliphatic carbocycles. The highest BCUT2D eigenvalue weighted by Crippen LogP contribution is 2.33. The van der Waals surface area contributed by atoms with E-state index in [1.54, 1.807) is 36.4 Å². The SMILES string of the molecule is Nc1ccc(Br)c(NC(=O)c2ccc3c(c2)OCO3)c1. The van der Waals surface area contributed by atoms with Crippen LogP contribution in [0, 0.1) is 0 Å². The molecule has 102 valence electrons. The molecule has 0 atom stereocenters. The molecule has 1 aliphatic rings. The average Bonchev–Trinajstić information content (AvgIpc) is 2.90. The van der Waals surface area contributed by atoms with Crippen LogP contribution in [0.4, 0.5) is 11.4 Å². The highest BCUT2D eigenvalue weighted by atomic mass is 79.9. The predicted octanol–water partition coefficient (Wildman–Crippen LogP) is 3.01. The second-order valence-electron chi connectivity index (χ2n) is 4.26. The molecular weight excluding hydrogens is 324 g/mol. The molecule has 0 spiro atoms. The summed E-state index contributed by atoms with van der Waals surface area (Å²) in [7, 11) is 0. The van der Waals surface area contributed by atoms with E-state index in [9.17, 15) is 4.79 Å². The van der Waals surface area contributed by atoms with Crippen LogP contribution in [0.5, 0.6) is 11.5 Å². The van der Waals surface area contributed by atoms with E-state index >= 15 is 0 Å². The van der Waals surface area contributed by atoms with Gasteiger partial charge in [-0.3, -0.25) is 4.79 Å². The van der Waals surface area contributed by atoms with Gasteiger partial charge in [0.25, 0.3) is 5.91 Å². The van der Waals surface area contributed by atoms with Crippen molar-refractivity contribution >= 4 is 33.2 Å². The van der Waals surface area contributed by atoms with E-state index in [4.69, 9.17) is 15.2 Å². The van der Waals surface area contributed by atoms with Gasteiger partial charge in [-0.05, 0) is 52.3 Å². The molecule has 0 fully saturated rings. The van der Waals surface area contributed by atoms with Crippen LogP contribution in [0.3, 0.4) is 0 Å². The lowest BCUT2D eigenvalue weighted by Gasteiger charge is -2.08. The summed E-state index contributed by atoms with van der Waals surface area (Å²) in [6.45, 7) is 0.182. The molecule has 0 aromatic heterocycles. The first-order valence-electron chi connectivity index (χ1n) is 5.89. The maximum atomic E-state index is 12.2. The highest BCUT2D eigenvalue weighted by molar-refractivity contribution is 9.10. The predicted molar refractivity (Wildman–Crippen MR) is 79.1 cm³/mol. The lowest BCUT2D eigenvalue weighted by Crippen LogP contribution is -2.12. The molecule has 0 saturated heterocycles. The molecular formula is C14H11BrN2O3. The largest absolute Gasteiger partial charge is 0.454 e. The summed E-state index contributed by atoms with van der Waals surface area (Å²) in [6.07, 6.45) is 0. The minimum atomic E-state index is -0.241. The summed E-state index contributed by atoms with van der Waals surface area (Å²) in [6, 6.07) is 10.3. The topological polar surface area (TPSA) is 73.6 Å². The standard InChI is InChI=1S/C14H11BrN2O3/c15-10-3-2-9(16)6-11(10)17-14(18)8-1-4-12-13(5-8)20-7-19-12/h1-6H,7,16H2,(H,17,18). The Balaban J connectivity index is 1.84. The fraction of sp³-hybridized carbons (Fsp3) is 0.0714. The van der Waals surface area contributed by atoms with Crippen LogP contribution in [0.15, 0.2) is 40.9 Å². The number of ether oxygens (including phenoxy) is 2. The van der Waals surface area contributed by atoms with Crippen LogP contribution in [0.25, 0.3) is 0 Å². The lowest BCUT2D eigenvalue weighted by atomic mass is 10.2. The van der Waals surface area contributed by atoms with Crippen molar-refractivity contribution in [3.63, 3.8) is 0 Å². The molecule has 0 unspecified atom stereocenters. The van der Waals surface area contributed by atoms with Gasteiger partial charge in [0.2, 0.25) is 6.79 Å². The number of anilines is 2. The van der Waals surface area contributed by atoms with E-state index in [0.29, 0.717) is 28.4 Å². The summed E-state index contributed by atoms with van der Waals surface area (Å²) in [5.74, 6) is 0.977. The molecule has 20 heavy (non-hydrogen) atoms. The van der Waals surface area contributed by atoms with Gasteiger partial charge in [0.05, 0.1) is 5.69 Å². The number of carbonyl (C=O) groups is 1. The summed E-state index contributed by atoms with van der Waals surface area (Å²) in [5.41, 5.74) is 7.39. The summed E-state index contributed by atoms with van der Waals surface area (Å²) in [5, 5.41) is 2.80. The third kappa shape index (κ3) is 2.42. The van der Waals surface area contributed by atoms with Crippen LogP contribution in [-0.4, -0.2) is 12.7 Å². The number of fused-ring (bicyclic) bond motifs is 1. The molecule has 1 heterocycles. The first kappa shape index (κ1) is 12.8. The van der Waals surface area contributed by atoms with Gasteiger partial charge in [-0.2, -0.15) is 0 Å². The minimum Gasteiger partial charge on any atom is -0.454 e. The zero-order valence-electron chi connectivity index (χ0n) is 10.4. The van der Waals surface area contributed by atoms with Gasteiger partial charge >= 0.3 is 0 Å². The Morgan fingerprint density at radius 3 is 2.80 bits per heavy atom. The van der Waals surface area contributed by atoms with E-state index in [1.165, 1.54) is 0 Å². The second-order valence-corrected chi connectivity index (χ2v) is 5.12. The first-order chi connectivity index (χ1) is 9.63. The Kier molecular flexibility index (Phi) is 3.23. The number of carbonyl (C=O) groups excluding carboxylic acids is 1. The smallest absolute Gasteiger partial charge is 0.255 e. The van der Waals surface area contributed by atoms with Crippen molar-refractivity contribution < 1.29 is 14.3 Å². The van der Waals surface area contributed by atoms with E-state index in [0.717, 1.165) is 4.47 Å². The monoisotopic (exact) mass is 334 g/mol. The average molecular weight is 335 g/mol. The van der Waals surface area contributed by atoms with Crippen molar-refractivity contribution in [2.24, 2.45) is 0 Å². The van der Waals surface area contributed by atoms with E-state index < -0.39 is 0 Å². The number of benzene rings is 2. The number of amides is 1. The summed E-state index contributed by atoms with van der Waals surface area (Å²) >= 11 is 3.37. The molecule has 1 aliphatic heterocycles. The maximum Gasteiger partial charge on any atom is 0.255 e. The Morgan fingerprint density at radius 2 is 1.95 bits per heavy atom. The van der Waals surface area contributed by atoms with Crippen LogP contribution in [-0.2, 0) is 0 Å². The minimum absolute atomic E-state index is 0.182. The van der Waals surface area contributed by atoms with Crippen molar-refractivity contribution in [1.82, 2.24) is 0 Å². The zero-order valence-corrected chi connectivity index (χ0v) is 11.9. The van der Waals surface area contributed by atoms with Crippen LogP contribution in [0.2, 0.25) is 0 Å². The molecule has 6 heteroatoms. The molecule has 3 N–H and O–H groups in total. The molecule has 1 amide bonds. The van der Waals surface area contributed by atoms with Crippen molar-refractivity contribution in [2.45, 2.75) is 0 Å². The quantitative estimate of drug-likeness (QED) is 0.828. The van der Waals surface area contributed by atoms with E-state index in [1.807, 2.05) is 0 Å². The van der Waals surface area contributed by atoms with Gasteiger partial charge in [0, 0.05) is 15.7 Å². The Morgan fingerprint density at radius 1 is 1.15 bits per heavy atom. The third-order valence-electron chi connectivity index (χ3n) is 2.87. The van der Waals surface area contributed by atoms with Gasteiger partial charge < -0.3 is 20.5 Å². The second kappa shape index (κ2) is 5.05. The van der Waals surface area contributed by atoms with Gasteiger partial charge in [-0.25, -0.2) is 0 Å². The molecule has 0 saturated carbocycles. The van der Waals surface area contributed by atoms with Crippen molar-refractivity contribution in [1.29, 1.82) is 0 Å². The fourth-order valence-corrected chi connectivity index (χ4v) is 2.22. The number of nitrogens with one attached hydrogen (secondary N) is 1. The number of rotatable bonds is 2. The van der Waals surface area contributed by atoms with Crippen LogP contribution >= 0.6 is 15.9 Å². The zero-order chi connectivity index (χ0) is 14.1. The van der Waals surface area contributed by atoms with Gasteiger partial charge in [0.15, 0.2) is 11.5 Å². The number of nitrogens with two attached hydrogens (primary N) is 1. The number of nitrogen functional groups attached to an aromatic ring is 1. The van der Waals surface area contributed by atoms with Crippen LogP contribution in [0.1, 0.15) is 10.4 Å². The van der Waals surface area contributed by atoms with E-state index in [2.05, 4.69) is 21.2 Å². The Bertz CT molecular complexity index is 688. The summed E-state index contributed by atoms with van der Waals surface area (Å²) in [4.78, 5) is 12.2. The molecule has 2 aromatic rings. The fourth-order valence-electron chi connectivity index (χ4n) is 1.87. The van der Waals surface area contributed by atoms with Crippen LogP contribution < -0.4 is 20.5 Å². The molecule has 0 radical (unpaired) electrons. The molecule has 2 aromatic carbocycles. The van der Waals surface area contributed by atoms with Gasteiger partial charge in [-0.15, -0.1) is 0 Å². The molecule has 5 nitrogen and oxygen atoms in total. The van der Waals surface area contributed by atoms with Crippen molar-refractivity contribution in [2.75, 3.05) is 17.8 Å². The van der Waals surface area contributed by atoms with Gasteiger partial charge in [0.1, 0.15) is 0 Å². The Labute approximate surface area is 123 Å². The Hall–Kier alpha value is -2.21. The van der Waals surface area contributed by atoms with Crippen molar-refractivity contribution in [3.05, 3.63) is 46.4 Å². The van der Waals surface area contributed by atoms with Gasteiger partial charge in [-0.1, -0.05) is 0 Å². The number of hydrogen-bond acceptors (Lipinski definition) is 4. The molecule has 3 rings (SSSR count). The van der Waals surface area contributed by atoms with E-state index in [-0.39, 0.29) is 12.7 Å². The number of hydrogen-bond donors (Lipinski definition) is 2. The third-order valence-corrected chi connectivity index (χ3v) is 3.56. The lowest BCUT2D eigenvalue weighted by molar-refractivity contribution is 0.102. The maximum absolute atomic E-state index is 12.2. The van der Waals surface area contributed by atoms with Crippen molar-refractivity contribution in [3.8, 4) is 11.5 Å². The first-order valence-corrected chi connectivity index (χ1v) is 6.69. The normalized spacial score (nSPS) is 12.2. The summed E-state index contributed by atoms with van der Waals surface area (Å²) < 4.78 is 11.2. The molecule has 0 bridgehead atoms. The number of halogens is 1. The highest BCUT2D eigenvalue weighted by Gasteiger charge is 2.16.